The smallest absolute Gasteiger partial charge is 0.269 e. The van der Waals surface area contributed by atoms with Crippen LogP contribution < -0.4 is 5.32 Å². The van der Waals surface area contributed by atoms with Gasteiger partial charge in [-0.3, -0.25) is 14.3 Å². The van der Waals surface area contributed by atoms with E-state index in [0.29, 0.717) is 18.7 Å². The summed E-state index contributed by atoms with van der Waals surface area (Å²) in [7, 11) is 1.71. The molecule has 0 atom stereocenters. The van der Waals surface area contributed by atoms with Crippen LogP contribution >= 0.6 is 11.8 Å². The Morgan fingerprint density at radius 3 is 2.79 bits per heavy atom. The lowest BCUT2D eigenvalue weighted by atomic mass is 10.3. The molecule has 1 aromatic rings. The summed E-state index contributed by atoms with van der Waals surface area (Å²) in [5, 5.41) is 6.68. The molecule has 1 aliphatic heterocycles. The molecule has 2 amide bonds. The maximum atomic E-state index is 11.9. The lowest BCUT2D eigenvalue weighted by Crippen LogP contribution is -2.39. The van der Waals surface area contributed by atoms with Crippen LogP contribution in [0.5, 0.6) is 0 Å². The third kappa shape index (κ3) is 3.73. The van der Waals surface area contributed by atoms with Crippen molar-refractivity contribution in [1.29, 1.82) is 0 Å². The number of hydrogen-bond donors (Lipinski definition) is 1. The van der Waals surface area contributed by atoms with Crippen LogP contribution in [0.15, 0.2) is 12.3 Å². The largest absolute Gasteiger partial charge is 0.350 e. The van der Waals surface area contributed by atoms with E-state index in [1.165, 1.54) is 4.68 Å². The summed E-state index contributed by atoms with van der Waals surface area (Å²) in [5.74, 6) is 1.94. The van der Waals surface area contributed by atoms with E-state index in [1.54, 1.807) is 19.3 Å². The average molecular weight is 282 g/mol. The van der Waals surface area contributed by atoms with Gasteiger partial charge in [-0.15, -0.1) is 0 Å². The molecule has 0 radical (unpaired) electrons. The first-order valence-corrected chi connectivity index (χ1v) is 7.45. The Morgan fingerprint density at radius 1 is 1.42 bits per heavy atom. The van der Waals surface area contributed by atoms with Crippen LogP contribution in [-0.2, 0) is 11.8 Å². The molecule has 1 fully saturated rings. The number of nitrogens with zero attached hydrogens (tertiary/aromatic N) is 3. The van der Waals surface area contributed by atoms with E-state index in [9.17, 15) is 9.59 Å². The van der Waals surface area contributed by atoms with E-state index in [4.69, 9.17) is 0 Å². The predicted octanol–water partition coefficient (Wildman–Crippen LogP) is 0.115. The second-order valence-electron chi connectivity index (χ2n) is 4.34. The van der Waals surface area contributed by atoms with Gasteiger partial charge in [0.15, 0.2) is 0 Å². The van der Waals surface area contributed by atoms with Crippen LogP contribution in [0, 0.1) is 0 Å². The van der Waals surface area contributed by atoms with Crippen molar-refractivity contribution in [2.45, 2.75) is 6.42 Å². The highest BCUT2D eigenvalue weighted by atomic mass is 32.2. The second-order valence-corrected chi connectivity index (χ2v) is 5.56. The molecule has 0 aromatic carbocycles. The summed E-state index contributed by atoms with van der Waals surface area (Å²) in [6.07, 6.45) is 1.93. The topological polar surface area (TPSA) is 67.2 Å². The van der Waals surface area contributed by atoms with Gasteiger partial charge in [-0.2, -0.15) is 16.9 Å². The van der Waals surface area contributed by atoms with Gasteiger partial charge in [0, 0.05) is 50.8 Å². The third-order valence-corrected chi connectivity index (χ3v) is 3.98. The van der Waals surface area contributed by atoms with Gasteiger partial charge in [0.1, 0.15) is 5.69 Å². The first kappa shape index (κ1) is 13.9. The first-order valence-electron chi connectivity index (χ1n) is 6.30. The SMILES string of the molecule is Cn1nccc1C(=O)NCCC(=O)N1CCSCC1. The van der Waals surface area contributed by atoms with Gasteiger partial charge >= 0.3 is 0 Å². The van der Waals surface area contributed by atoms with E-state index < -0.39 is 0 Å². The molecule has 0 unspecified atom stereocenters. The van der Waals surface area contributed by atoms with Gasteiger partial charge in [-0.05, 0) is 6.07 Å². The predicted molar refractivity (Wildman–Crippen MR) is 74.1 cm³/mol. The summed E-state index contributed by atoms with van der Waals surface area (Å²) in [4.78, 5) is 25.5. The fraction of sp³-hybridized carbons (Fsp3) is 0.583. The zero-order valence-corrected chi connectivity index (χ0v) is 11.8. The molecule has 0 spiro atoms. The molecule has 2 rings (SSSR count). The lowest BCUT2D eigenvalue weighted by molar-refractivity contribution is -0.130. The number of aryl methyl sites for hydroxylation is 1. The van der Waals surface area contributed by atoms with Crippen molar-refractivity contribution in [2.75, 3.05) is 31.1 Å². The van der Waals surface area contributed by atoms with E-state index in [-0.39, 0.29) is 11.8 Å². The Kier molecular flexibility index (Phi) is 4.84. The molecular formula is C12H18N4O2S. The van der Waals surface area contributed by atoms with Crippen LogP contribution in [0.2, 0.25) is 0 Å². The van der Waals surface area contributed by atoms with Crippen LogP contribution in [-0.4, -0.2) is 57.6 Å². The number of carbonyl (C=O) groups excluding carboxylic acids is 2. The Hall–Kier alpha value is -1.50. The molecule has 1 saturated heterocycles. The summed E-state index contributed by atoms with van der Waals surface area (Å²) < 4.78 is 1.51. The Morgan fingerprint density at radius 2 is 2.16 bits per heavy atom. The molecule has 7 heteroatoms. The maximum absolute atomic E-state index is 11.9. The van der Waals surface area contributed by atoms with E-state index in [1.807, 2.05) is 16.7 Å². The molecule has 1 aromatic heterocycles. The summed E-state index contributed by atoms with van der Waals surface area (Å²) in [6, 6.07) is 1.65. The molecule has 104 valence electrons. The fourth-order valence-electron chi connectivity index (χ4n) is 1.94. The highest BCUT2D eigenvalue weighted by Gasteiger charge is 2.16. The molecule has 1 aliphatic rings. The van der Waals surface area contributed by atoms with Crippen LogP contribution in [0.3, 0.4) is 0 Å². The van der Waals surface area contributed by atoms with Crippen LogP contribution in [0.1, 0.15) is 16.9 Å². The molecule has 2 heterocycles. The van der Waals surface area contributed by atoms with Crippen molar-refractivity contribution in [2.24, 2.45) is 7.05 Å². The van der Waals surface area contributed by atoms with Gasteiger partial charge < -0.3 is 10.2 Å². The van der Waals surface area contributed by atoms with Gasteiger partial charge in [0.25, 0.3) is 5.91 Å². The van der Waals surface area contributed by atoms with Gasteiger partial charge in [0.05, 0.1) is 0 Å². The van der Waals surface area contributed by atoms with Crippen molar-refractivity contribution in [1.82, 2.24) is 20.0 Å². The van der Waals surface area contributed by atoms with Crippen LogP contribution in [0.4, 0.5) is 0 Å². The fourth-order valence-corrected chi connectivity index (χ4v) is 2.84. The molecule has 1 N–H and O–H groups in total. The van der Waals surface area contributed by atoms with Gasteiger partial charge in [0.2, 0.25) is 5.91 Å². The second kappa shape index (κ2) is 6.60. The highest BCUT2D eigenvalue weighted by Crippen LogP contribution is 2.09. The molecule has 6 nitrogen and oxygen atoms in total. The maximum Gasteiger partial charge on any atom is 0.269 e. The van der Waals surface area contributed by atoms with E-state index >= 15 is 0 Å². The van der Waals surface area contributed by atoms with E-state index in [0.717, 1.165) is 24.6 Å². The summed E-state index contributed by atoms with van der Waals surface area (Å²) in [6.45, 7) is 2.00. The average Bonchev–Trinajstić information content (AvgIpc) is 2.86. The number of thioether (sulfide) groups is 1. The molecule has 0 saturated carbocycles. The highest BCUT2D eigenvalue weighted by molar-refractivity contribution is 7.99. The molecule has 0 bridgehead atoms. The van der Waals surface area contributed by atoms with Gasteiger partial charge in [-0.25, -0.2) is 0 Å². The van der Waals surface area contributed by atoms with Gasteiger partial charge in [-0.1, -0.05) is 0 Å². The number of rotatable bonds is 4. The summed E-state index contributed by atoms with van der Waals surface area (Å²) in [5.41, 5.74) is 0.502. The Balaban J connectivity index is 1.73. The zero-order chi connectivity index (χ0) is 13.7. The van der Waals surface area contributed by atoms with E-state index in [2.05, 4.69) is 10.4 Å². The number of nitrogens with one attached hydrogen (secondary N) is 1. The lowest BCUT2D eigenvalue weighted by Gasteiger charge is -2.26. The third-order valence-electron chi connectivity index (χ3n) is 3.04. The molecular weight excluding hydrogens is 264 g/mol. The number of amides is 2. The summed E-state index contributed by atoms with van der Waals surface area (Å²) >= 11 is 1.87. The normalized spacial score (nSPS) is 15.3. The van der Waals surface area contributed by atoms with Crippen molar-refractivity contribution in [3.8, 4) is 0 Å². The van der Waals surface area contributed by atoms with Crippen LogP contribution in [0.25, 0.3) is 0 Å². The molecule has 19 heavy (non-hydrogen) atoms. The monoisotopic (exact) mass is 282 g/mol. The molecule has 0 aliphatic carbocycles. The minimum absolute atomic E-state index is 0.116. The number of carbonyl (C=O) groups is 2. The number of hydrogen-bond acceptors (Lipinski definition) is 4. The Labute approximate surface area is 116 Å². The van der Waals surface area contributed by atoms with Crippen molar-refractivity contribution < 1.29 is 9.59 Å². The standard InChI is InChI=1S/C12H18N4O2S/c1-15-10(2-5-14-15)12(18)13-4-3-11(17)16-6-8-19-9-7-16/h2,5H,3-4,6-9H2,1H3,(H,13,18). The van der Waals surface area contributed by atoms with Crippen molar-refractivity contribution in [3.63, 3.8) is 0 Å². The van der Waals surface area contributed by atoms with Crippen molar-refractivity contribution >= 4 is 23.6 Å². The minimum atomic E-state index is -0.193. The minimum Gasteiger partial charge on any atom is -0.350 e. The first-order chi connectivity index (χ1) is 9.18. The quantitative estimate of drug-likeness (QED) is 0.851. The van der Waals surface area contributed by atoms with Crippen molar-refractivity contribution in [3.05, 3.63) is 18.0 Å². The zero-order valence-electron chi connectivity index (χ0n) is 11.0. The Bertz CT molecular complexity index is 454. The number of aromatic nitrogens is 2.